The molecule has 18 heavy (non-hydrogen) atoms. The smallest absolute Gasteiger partial charge is 0.187 e. The molecule has 1 aromatic rings. The molecule has 0 unspecified atom stereocenters. The number of benzene rings is 1. The second-order valence-electron chi connectivity index (χ2n) is 4.78. The average molecular weight is 266 g/mol. The van der Waals surface area contributed by atoms with Crippen molar-refractivity contribution in [3.05, 3.63) is 36.9 Å². The van der Waals surface area contributed by atoms with Crippen LogP contribution in [0, 0.1) is 0 Å². The van der Waals surface area contributed by atoms with Gasteiger partial charge in [0.2, 0.25) is 0 Å². The molecule has 3 nitrogen and oxygen atoms in total. The highest BCUT2D eigenvalue weighted by atomic mass is 28.4. The molecule has 0 fully saturated rings. The zero-order chi connectivity index (χ0) is 13.4. The molecule has 0 radical (unpaired) electrons. The van der Waals surface area contributed by atoms with Crippen LogP contribution < -0.4 is 4.74 Å². The van der Waals surface area contributed by atoms with Crippen molar-refractivity contribution < 1.29 is 14.3 Å². The fourth-order valence-corrected chi connectivity index (χ4v) is 3.33. The molecule has 0 saturated carbocycles. The molecule has 1 aromatic carbocycles. The maximum Gasteiger partial charge on any atom is 0.187 e. The Balaban J connectivity index is 2.26. The molecule has 0 aromatic heterocycles. The molecule has 0 saturated heterocycles. The van der Waals surface area contributed by atoms with Crippen molar-refractivity contribution in [3.63, 3.8) is 0 Å². The maximum atomic E-state index is 9.53. The van der Waals surface area contributed by atoms with Crippen LogP contribution >= 0.6 is 0 Å². The van der Waals surface area contributed by atoms with Gasteiger partial charge < -0.3 is 14.3 Å². The quantitative estimate of drug-likeness (QED) is 0.444. The number of ether oxygens (including phenoxy) is 1. The molecular weight excluding hydrogens is 244 g/mol. The average Bonchev–Trinajstić information content (AvgIpc) is 2.34. The Morgan fingerprint density at radius 3 is 2.72 bits per heavy atom. The molecule has 100 valence electrons. The van der Waals surface area contributed by atoms with Gasteiger partial charge in [0.05, 0.1) is 13.2 Å². The third kappa shape index (κ3) is 5.38. The first kappa shape index (κ1) is 14.8. The Kier molecular flexibility index (Phi) is 5.95. The number of rotatable bonds is 8. The van der Waals surface area contributed by atoms with Gasteiger partial charge in [-0.3, -0.25) is 0 Å². The summed E-state index contributed by atoms with van der Waals surface area (Å²) in [7, 11) is -1.59. The first-order valence-electron chi connectivity index (χ1n) is 6.21. The van der Waals surface area contributed by atoms with Crippen molar-refractivity contribution in [2.24, 2.45) is 0 Å². The van der Waals surface area contributed by atoms with Crippen molar-refractivity contribution in [2.75, 3.05) is 13.2 Å². The maximum absolute atomic E-state index is 9.53. The third-order valence-corrected chi connectivity index (χ3v) is 5.14. The number of aromatic hydroxyl groups is 1. The number of para-hydroxylation sites is 2. The summed E-state index contributed by atoms with van der Waals surface area (Å²) in [5, 5.41) is 9.53. The summed E-state index contributed by atoms with van der Waals surface area (Å²) < 4.78 is 11.3. The number of phenolic OH excluding ortho intramolecular Hbond substituents is 1. The van der Waals surface area contributed by atoms with Gasteiger partial charge >= 0.3 is 0 Å². The minimum absolute atomic E-state index is 0.192. The summed E-state index contributed by atoms with van der Waals surface area (Å²) in [5.74, 6) is 0.737. The van der Waals surface area contributed by atoms with Gasteiger partial charge in [-0.05, 0) is 37.7 Å². The van der Waals surface area contributed by atoms with E-state index in [1.165, 1.54) is 0 Å². The van der Waals surface area contributed by atoms with Gasteiger partial charge in [0, 0.05) is 0 Å². The summed E-state index contributed by atoms with van der Waals surface area (Å²) >= 11 is 0. The Morgan fingerprint density at radius 1 is 1.33 bits per heavy atom. The van der Waals surface area contributed by atoms with Gasteiger partial charge in [0.25, 0.3) is 0 Å². The number of hydrogen-bond acceptors (Lipinski definition) is 3. The van der Waals surface area contributed by atoms with E-state index >= 15 is 0 Å². The van der Waals surface area contributed by atoms with Crippen LogP contribution in [-0.4, -0.2) is 26.6 Å². The molecular formula is C14H22O3Si. The van der Waals surface area contributed by atoms with Crippen molar-refractivity contribution in [1.29, 1.82) is 0 Å². The highest BCUT2D eigenvalue weighted by Crippen LogP contribution is 2.24. The van der Waals surface area contributed by atoms with E-state index in [0.717, 1.165) is 12.5 Å². The van der Waals surface area contributed by atoms with Crippen LogP contribution in [0.1, 0.15) is 6.42 Å². The molecule has 0 aliphatic carbocycles. The molecule has 1 N–H and O–H groups in total. The SMILES string of the molecule is C=CCO[Si](C)(C)CCCOc1ccccc1O. The van der Waals surface area contributed by atoms with Gasteiger partial charge in [-0.25, -0.2) is 0 Å². The normalized spacial score (nSPS) is 11.2. The van der Waals surface area contributed by atoms with Crippen LogP contribution in [0.5, 0.6) is 11.5 Å². The Bertz CT molecular complexity index is 377. The van der Waals surface area contributed by atoms with Gasteiger partial charge in [-0.15, -0.1) is 6.58 Å². The molecule has 0 heterocycles. The lowest BCUT2D eigenvalue weighted by Crippen LogP contribution is -2.30. The van der Waals surface area contributed by atoms with Crippen LogP contribution in [0.2, 0.25) is 19.1 Å². The van der Waals surface area contributed by atoms with Crippen LogP contribution in [-0.2, 0) is 4.43 Å². The van der Waals surface area contributed by atoms with E-state index in [2.05, 4.69) is 19.7 Å². The van der Waals surface area contributed by atoms with Crippen LogP contribution in [0.3, 0.4) is 0 Å². The van der Waals surface area contributed by atoms with Gasteiger partial charge in [0.1, 0.15) is 0 Å². The van der Waals surface area contributed by atoms with Gasteiger partial charge in [-0.1, -0.05) is 18.2 Å². The predicted octanol–water partition coefficient (Wildman–Crippen LogP) is 3.57. The second kappa shape index (κ2) is 7.23. The molecule has 0 amide bonds. The Labute approximate surface area is 110 Å². The monoisotopic (exact) mass is 266 g/mol. The molecule has 0 bridgehead atoms. The second-order valence-corrected chi connectivity index (χ2v) is 9.09. The Hall–Kier alpha value is -1.26. The Morgan fingerprint density at radius 2 is 2.06 bits per heavy atom. The fourth-order valence-electron chi connectivity index (χ4n) is 1.62. The van der Waals surface area contributed by atoms with E-state index in [0.29, 0.717) is 19.0 Å². The molecule has 0 atom stereocenters. The topological polar surface area (TPSA) is 38.7 Å². The summed E-state index contributed by atoms with van der Waals surface area (Å²) in [6.45, 7) is 9.26. The molecule has 0 aliphatic rings. The minimum atomic E-state index is -1.59. The first-order chi connectivity index (χ1) is 8.55. The molecule has 1 rings (SSSR count). The van der Waals surface area contributed by atoms with E-state index in [4.69, 9.17) is 9.16 Å². The van der Waals surface area contributed by atoms with E-state index in [9.17, 15) is 5.11 Å². The zero-order valence-corrected chi connectivity index (χ0v) is 12.2. The summed E-state index contributed by atoms with van der Waals surface area (Å²) in [6, 6.07) is 8.06. The third-order valence-electron chi connectivity index (χ3n) is 2.64. The summed E-state index contributed by atoms with van der Waals surface area (Å²) in [6.07, 6.45) is 2.72. The van der Waals surface area contributed by atoms with Gasteiger partial charge in [-0.2, -0.15) is 0 Å². The molecule has 4 heteroatoms. The minimum Gasteiger partial charge on any atom is -0.504 e. The van der Waals surface area contributed by atoms with Crippen LogP contribution in [0.15, 0.2) is 36.9 Å². The lowest BCUT2D eigenvalue weighted by Gasteiger charge is -2.21. The highest BCUT2D eigenvalue weighted by Gasteiger charge is 2.21. The summed E-state index contributed by atoms with van der Waals surface area (Å²) in [5.41, 5.74) is 0. The van der Waals surface area contributed by atoms with Gasteiger partial charge in [0.15, 0.2) is 19.8 Å². The van der Waals surface area contributed by atoms with Crippen LogP contribution in [0.4, 0.5) is 0 Å². The number of hydrogen-bond donors (Lipinski definition) is 1. The van der Waals surface area contributed by atoms with Crippen molar-refractivity contribution in [1.82, 2.24) is 0 Å². The van der Waals surface area contributed by atoms with E-state index < -0.39 is 8.32 Å². The fraction of sp³-hybridized carbons (Fsp3) is 0.429. The lowest BCUT2D eigenvalue weighted by molar-refractivity contribution is 0.293. The predicted molar refractivity (Wildman–Crippen MR) is 76.7 cm³/mol. The summed E-state index contributed by atoms with van der Waals surface area (Å²) in [4.78, 5) is 0. The molecule has 0 aliphatic heterocycles. The van der Waals surface area contributed by atoms with Crippen molar-refractivity contribution >= 4 is 8.32 Å². The van der Waals surface area contributed by atoms with Crippen LogP contribution in [0.25, 0.3) is 0 Å². The molecule has 0 spiro atoms. The van der Waals surface area contributed by atoms with E-state index in [1.54, 1.807) is 24.3 Å². The zero-order valence-electron chi connectivity index (χ0n) is 11.2. The first-order valence-corrected chi connectivity index (χ1v) is 9.32. The lowest BCUT2D eigenvalue weighted by atomic mass is 10.3. The van der Waals surface area contributed by atoms with Crippen molar-refractivity contribution in [2.45, 2.75) is 25.6 Å². The van der Waals surface area contributed by atoms with E-state index in [-0.39, 0.29) is 5.75 Å². The number of phenols is 1. The van der Waals surface area contributed by atoms with Crippen molar-refractivity contribution in [3.8, 4) is 11.5 Å². The standard InChI is InChI=1S/C14H22O3Si/c1-4-10-17-18(2,3)12-7-11-16-14-9-6-5-8-13(14)15/h4-6,8-9,15H,1,7,10-12H2,2-3H3. The highest BCUT2D eigenvalue weighted by molar-refractivity contribution is 6.71. The largest absolute Gasteiger partial charge is 0.504 e. The van der Waals surface area contributed by atoms with E-state index in [1.807, 2.05) is 6.07 Å².